The minimum absolute atomic E-state index is 0.0177. The van der Waals surface area contributed by atoms with E-state index in [1.807, 2.05) is 0 Å². The predicted molar refractivity (Wildman–Crippen MR) is 122 cm³/mol. The van der Waals surface area contributed by atoms with Crippen LogP contribution in [0.1, 0.15) is 18.5 Å². The van der Waals surface area contributed by atoms with Crippen molar-refractivity contribution >= 4 is 16.7 Å². The van der Waals surface area contributed by atoms with Crippen LogP contribution < -0.4 is 0 Å². The van der Waals surface area contributed by atoms with Gasteiger partial charge in [0.25, 0.3) is 0 Å². The summed E-state index contributed by atoms with van der Waals surface area (Å²) in [6.07, 6.45) is -4.72. The topological polar surface area (TPSA) is 89.2 Å². The minimum atomic E-state index is -4.80. The van der Waals surface area contributed by atoms with Crippen LogP contribution in [0.2, 0.25) is 0 Å². The first-order chi connectivity index (χ1) is 17.3. The van der Waals surface area contributed by atoms with Gasteiger partial charge in [0, 0.05) is 64.8 Å². The standard InChI is InChI=1S/C23H22F6N4O3S/c1-14(4-3-5-15(2)22(24,25)26)18(20(34)33-8-10-37(35)11-9-33)12-17-7-6-16(13-30-17)19-31-21(36-32-19)23(27,28)29/h3-7,13,18H,1,8-12H2,2H3/b4-3-,15-5+. The number of rotatable bonds is 7. The molecule has 3 heterocycles. The zero-order valence-corrected chi connectivity index (χ0v) is 20.3. The van der Waals surface area contributed by atoms with Crippen molar-refractivity contribution in [2.75, 3.05) is 24.6 Å². The molecule has 2 aromatic rings. The Morgan fingerprint density at radius 3 is 2.43 bits per heavy atom. The van der Waals surface area contributed by atoms with Crippen LogP contribution in [0.15, 0.2) is 58.8 Å². The molecule has 1 amide bonds. The molecule has 0 bridgehead atoms. The third-order valence-corrected chi connectivity index (χ3v) is 6.78. The predicted octanol–water partition coefficient (Wildman–Crippen LogP) is 4.52. The summed E-state index contributed by atoms with van der Waals surface area (Å²) >= 11 is 0. The molecular weight excluding hydrogens is 526 g/mol. The Labute approximate surface area is 210 Å². The molecule has 7 nitrogen and oxygen atoms in total. The number of pyridine rings is 1. The largest absolute Gasteiger partial charge is 0.471 e. The molecule has 200 valence electrons. The fourth-order valence-electron chi connectivity index (χ4n) is 3.32. The highest BCUT2D eigenvalue weighted by Crippen LogP contribution is 2.29. The lowest BCUT2D eigenvalue weighted by atomic mass is 9.92. The Morgan fingerprint density at radius 1 is 1.22 bits per heavy atom. The number of nitrogens with zero attached hydrogens (tertiary/aromatic N) is 4. The van der Waals surface area contributed by atoms with Gasteiger partial charge in [-0.2, -0.15) is 31.3 Å². The fraction of sp³-hybridized carbons (Fsp3) is 0.391. The first-order valence-electron chi connectivity index (χ1n) is 10.9. The van der Waals surface area contributed by atoms with Gasteiger partial charge >= 0.3 is 18.2 Å². The summed E-state index contributed by atoms with van der Waals surface area (Å²) < 4.78 is 92.2. The van der Waals surface area contributed by atoms with Gasteiger partial charge in [0.05, 0.1) is 5.92 Å². The normalized spacial score (nSPS) is 16.8. The van der Waals surface area contributed by atoms with Crippen LogP contribution in [0.3, 0.4) is 0 Å². The van der Waals surface area contributed by atoms with Gasteiger partial charge in [-0.1, -0.05) is 30.0 Å². The molecule has 0 aliphatic carbocycles. The molecule has 0 spiro atoms. The first-order valence-corrected chi connectivity index (χ1v) is 12.4. The van der Waals surface area contributed by atoms with Crippen molar-refractivity contribution in [1.29, 1.82) is 0 Å². The molecule has 1 aliphatic rings. The van der Waals surface area contributed by atoms with E-state index >= 15 is 0 Å². The lowest BCUT2D eigenvalue weighted by Crippen LogP contribution is -2.45. The molecule has 1 fully saturated rings. The van der Waals surface area contributed by atoms with Crippen molar-refractivity contribution in [3.63, 3.8) is 0 Å². The molecule has 0 saturated carbocycles. The highest BCUT2D eigenvalue weighted by molar-refractivity contribution is 7.85. The smallest absolute Gasteiger partial charge is 0.340 e. The lowest BCUT2D eigenvalue weighted by molar-refractivity contribution is -0.159. The van der Waals surface area contributed by atoms with Gasteiger partial charge in [-0.3, -0.25) is 14.0 Å². The lowest BCUT2D eigenvalue weighted by Gasteiger charge is -2.30. The van der Waals surface area contributed by atoms with Crippen LogP contribution in [0.4, 0.5) is 26.3 Å². The number of carbonyl (C=O) groups is 1. The van der Waals surface area contributed by atoms with Crippen molar-refractivity contribution in [2.24, 2.45) is 5.92 Å². The SMILES string of the molecule is C=C(/C=C\C=C(/C)C(F)(F)F)C(Cc1ccc(-c2noc(C(F)(F)F)n2)cn1)C(=O)N1CCS(=O)CC1. The van der Waals surface area contributed by atoms with Gasteiger partial charge in [0.15, 0.2) is 0 Å². The summed E-state index contributed by atoms with van der Waals surface area (Å²) in [7, 11) is -1.03. The van der Waals surface area contributed by atoms with E-state index in [2.05, 4.69) is 26.2 Å². The molecule has 1 atom stereocenters. The molecule has 0 aromatic carbocycles. The number of halogens is 6. The number of amides is 1. The van der Waals surface area contributed by atoms with E-state index in [4.69, 9.17) is 0 Å². The molecule has 14 heteroatoms. The van der Waals surface area contributed by atoms with Gasteiger partial charge in [-0.05, 0) is 24.6 Å². The Morgan fingerprint density at radius 2 is 1.89 bits per heavy atom. The molecule has 37 heavy (non-hydrogen) atoms. The van der Waals surface area contributed by atoms with Gasteiger partial charge in [-0.25, -0.2) is 0 Å². The van der Waals surface area contributed by atoms with Gasteiger partial charge < -0.3 is 9.42 Å². The van der Waals surface area contributed by atoms with Crippen LogP contribution >= 0.6 is 0 Å². The van der Waals surface area contributed by atoms with Crippen LogP contribution in [-0.4, -0.2) is 60.9 Å². The maximum Gasteiger partial charge on any atom is 0.471 e. The van der Waals surface area contributed by atoms with Gasteiger partial charge in [0.2, 0.25) is 11.7 Å². The Bertz CT molecular complexity index is 1210. The Balaban J connectivity index is 1.81. The summed E-state index contributed by atoms with van der Waals surface area (Å²) in [6, 6.07) is 2.88. The summed E-state index contributed by atoms with van der Waals surface area (Å²) in [5.74, 6) is -2.43. The summed E-state index contributed by atoms with van der Waals surface area (Å²) in [5.41, 5.74) is -0.0678. The highest BCUT2D eigenvalue weighted by Gasteiger charge is 2.38. The zero-order valence-electron chi connectivity index (χ0n) is 19.5. The molecule has 1 saturated heterocycles. The molecular formula is C23H22F6N4O3S. The maximum absolute atomic E-state index is 13.3. The maximum atomic E-state index is 13.3. The fourth-order valence-corrected chi connectivity index (χ4v) is 4.38. The minimum Gasteiger partial charge on any atom is -0.340 e. The Kier molecular flexibility index (Phi) is 8.72. The number of carbonyl (C=O) groups excluding carboxylic acids is 1. The van der Waals surface area contributed by atoms with E-state index in [-0.39, 0.29) is 42.4 Å². The third kappa shape index (κ3) is 7.60. The van der Waals surface area contributed by atoms with E-state index in [0.29, 0.717) is 17.2 Å². The first kappa shape index (κ1) is 28.3. The van der Waals surface area contributed by atoms with Crippen molar-refractivity contribution in [2.45, 2.75) is 25.7 Å². The van der Waals surface area contributed by atoms with Crippen LogP contribution in [-0.2, 0) is 28.2 Å². The average Bonchev–Trinajstić information content (AvgIpc) is 3.33. The van der Waals surface area contributed by atoms with Crippen LogP contribution in [0.5, 0.6) is 0 Å². The molecule has 1 aliphatic heterocycles. The Hall–Kier alpha value is -3.29. The number of hydrogen-bond acceptors (Lipinski definition) is 6. The second kappa shape index (κ2) is 11.4. The summed E-state index contributed by atoms with van der Waals surface area (Å²) in [5, 5.41) is 3.29. The van der Waals surface area contributed by atoms with Crippen molar-refractivity contribution < 1.29 is 39.9 Å². The van der Waals surface area contributed by atoms with Gasteiger partial charge in [-0.15, -0.1) is 0 Å². The molecule has 0 N–H and O–H groups in total. The molecule has 1 unspecified atom stereocenters. The molecule has 0 radical (unpaired) electrons. The monoisotopic (exact) mass is 548 g/mol. The van der Waals surface area contributed by atoms with E-state index in [0.717, 1.165) is 19.1 Å². The van der Waals surface area contributed by atoms with Gasteiger partial charge in [0.1, 0.15) is 0 Å². The average molecular weight is 549 g/mol. The third-order valence-electron chi connectivity index (χ3n) is 5.50. The van der Waals surface area contributed by atoms with E-state index < -0.39 is 40.5 Å². The summed E-state index contributed by atoms with van der Waals surface area (Å²) in [6.45, 7) is 5.30. The summed E-state index contributed by atoms with van der Waals surface area (Å²) in [4.78, 5) is 22.3. The molecule has 2 aromatic heterocycles. The van der Waals surface area contributed by atoms with E-state index in [9.17, 15) is 35.3 Å². The zero-order chi connectivity index (χ0) is 27.4. The van der Waals surface area contributed by atoms with E-state index in [1.54, 1.807) is 0 Å². The second-order valence-electron chi connectivity index (χ2n) is 8.17. The number of allylic oxidation sites excluding steroid dienone is 4. The van der Waals surface area contributed by atoms with Crippen molar-refractivity contribution in [3.05, 3.63) is 65.9 Å². The number of aromatic nitrogens is 3. The quantitative estimate of drug-likeness (QED) is 0.374. The number of hydrogen-bond donors (Lipinski definition) is 0. The highest BCUT2D eigenvalue weighted by atomic mass is 32.2. The van der Waals surface area contributed by atoms with Crippen molar-refractivity contribution in [3.8, 4) is 11.4 Å². The van der Waals surface area contributed by atoms with Crippen LogP contribution in [0.25, 0.3) is 11.4 Å². The number of alkyl halides is 6. The molecule has 3 rings (SSSR count). The van der Waals surface area contributed by atoms with E-state index in [1.165, 1.54) is 29.3 Å². The van der Waals surface area contributed by atoms with Crippen LogP contribution in [0, 0.1) is 5.92 Å². The van der Waals surface area contributed by atoms with Crippen molar-refractivity contribution in [1.82, 2.24) is 20.0 Å². The second-order valence-corrected chi connectivity index (χ2v) is 9.87.